The molecule has 3 nitrogen and oxygen atoms in total. The van der Waals surface area contributed by atoms with Crippen LogP contribution in [0.5, 0.6) is 0 Å². The van der Waals surface area contributed by atoms with E-state index in [1.165, 1.54) is 5.54 Å². The number of halogens is 2. The van der Waals surface area contributed by atoms with Crippen LogP contribution >= 0.6 is 23.2 Å². The molecule has 0 aromatic carbocycles. The van der Waals surface area contributed by atoms with Crippen LogP contribution in [0.1, 0.15) is 26.2 Å². The Morgan fingerprint density at radius 1 is 1.50 bits per heavy atom. The molecule has 0 bridgehead atoms. The summed E-state index contributed by atoms with van der Waals surface area (Å²) in [6.45, 7) is 4.09. The van der Waals surface area contributed by atoms with Crippen molar-refractivity contribution >= 4 is 29.2 Å². The summed E-state index contributed by atoms with van der Waals surface area (Å²) in [6.07, 6.45) is 2.06. The quantitative estimate of drug-likeness (QED) is 0.850. The standard InChI is InChI=1S/C11H17Cl2NO2/c1-2-11(10(15)16)3-5-14(6-4-11)8-9(13)7-12/h7H,2-6,8H2,1H3,(H,15,16). The maximum atomic E-state index is 11.2. The molecule has 1 rings (SSSR count). The molecule has 1 aliphatic rings. The first-order valence-corrected chi connectivity index (χ1v) is 6.26. The molecular weight excluding hydrogens is 249 g/mol. The number of piperidine rings is 1. The number of carboxylic acid groups (broad SMARTS) is 1. The predicted octanol–water partition coefficient (Wildman–Crippen LogP) is 2.88. The number of carbonyl (C=O) groups is 1. The summed E-state index contributed by atoms with van der Waals surface area (Å²) in [5.41, 5.74) is 0.827. The van der Waals surface area contributed by atoms with E-state index in [4.69, 9.17) is 23.2 Å². The van der Waals surface area contributed by atoms with E-state index in [0.717, 1.165) is 13.1 Å². The number of aliphatic carboxylic acids is 1. The zero-order valence-corrected chi connectivity index (χ0v) is 10.9. The van der Waals surface area contributed by atoms with E-state index in [9.17, 15) is 9.90 Å². The number of rotatable bonds is 4. The van der Waals surface area contributed by atoms with E-state index < -0.39 is 11.4 Å². The minimum absolute atomic E-state index is 0.534. The summed E-state index contributed by atoms with van der Waals surface area (Å²) in [7, 11) is 0. The summed E-state index contributed by atoms with van der Waals surface area (Å²) in [5, 5.41) is 9.82. The van der Waals surface area contributed by atoms with Gasteiger partial charge in [0, 0.05) is 17.1 Å². The average molecular weight is 266 g/mol. The van der Waals surface area contributed by atoms with Crippen LogP contribution in [0.3, 0.4) is 0 Å². The third-order valence-corrected chi connectivity index (χ3v) is 4.04. The molecule has 16 heavy (non-hydrogen) atoms. The lowest BCUT2D eigenvalue weighted by atomic mass is 9.76. The highest BCUT2D eigenvalue weighted by Gasteiger charge is 2.39. The van der Waals surface area contributed by atoms with Gasteiger partial charge in [-0.1, -0.05) is 30.1 Å². The Labute approximate surface area is 106 Å². The molecule has 0 saturated carbocycles. The smallest absolute Gasteiger partial charge is 0.309 e. The summed E-state index contributed by atoms with van der Waals surface area (Å²) >= 11 is 11.3. The number of hydrogen-bond donors (Lipinski definition) is 1. The molecule has 1 aliphatic heterocycles. The molecule has 0 unspecified atom stereocenters. The Balaban J connectivity index is 2.53. The summed E-state index contributed by atoms with van der Waals surface area (Å²) in [6, 6.07) is 0. The van der Waals surface area contributed by atoms with Crippen molar-refractivity contribution in [1.82, 2.24) is 4.90 Å². The lowest BCUT2D eigenvalue weighted by Gasteiger charge is -2.38. The SMILES string of the molecule is CCC1(C(=O)O)CCN(CC(Cl)=CCl)CC1. The fourth-order valence-electron chi connectivity index (χ4n) is 2.11. The Morgan fingerprint density at radius 3 is 2.44 bits per heavy atom. The van der Waals surface area contributed by atoms with Gasteiger partial charge < -0.3 is 5.11 Å². The third kappa shape index (κ3) is 3.12. The van der Waals surface area contributed by atoms with Crippen LogP contribution in [0.4, 0.5) is 0 Å². The number of carboxylic acids is 1. The molecule has 0 amide bonds. The first-order valence-electron chi connectivity index (χ1n) is 5.44. The number of likely N-dealkylation sites (tertiary alicyclic amines) is 1. The Kier molecular flexibility index (Phi) is 5.09. The van der Waals surface area contributed by atoms with Crippen molar-refractivity contribution in [1.29, 1.82) is 0 Å². The van der Waals surface area contributed by atoms with Gasteiger partial charge in [-0.15, -0.1) is 0 Å². The molecule has 1 saturated heterocycles. The van der Waals surface area contributed by atoms with Gasteiger partial charge in [-0.05, 0) is 32.4 Å². The lowest BCUT2D eigenvalue weighted by molar-refractivity contribution is -0.152. The molecule has 5 heteroatoms. The van der Waals surface area contributed by atoms with Gasteiger partial charge in [0.1, 0.15) is 0 Å². The predicted molar refractivity (Wildman–Crippen MR) is 65.8 cm³/mol. The number of nitrogens with zero attached hydrogens (tertiary/aromatic N) is 1. The minimum Gasteiger partial charge on any atom is -0.481 e. The number of hydrogen-bond acceptors (Lipinski definition) is 2. The van der Waals surface area contributed by atoms with E-state index in [-0.39, 0.29) is 0 Å². The van der Waals surface area contributed by atoms with Crippen LogP contribution < -0.4 is 0 Å². The molecule has 0 aliphatic carbocycles. The maximum Gasteiger partial charge on any atom is 0.309 e. The van der Waals surface area contributed by atoms with Crippen molar-refractivity contribution in [2.45, 2.75) is 26.2 Å². The topological polar surface area (TPSA) is 40.5 Å². The highest BCUT2D eigenvalue weighted by molar-refractivity contribution is 6.36. The Morgan fingerprint density at radius 2 is 2.06 bits per heavy atom. The van der Waals surface area contributed by atoms with Crippen molar-refractivity contribution in [2.75, 3.05) is 19.6 Å². The highest BCUT2D eigenvalue weighted by Crippen LogP contribution is 2.35. The highest BCUT2D eigenvalue weighted by atomic mass is 35.5. The van der Waals surface area contributed by atoms with Gasteiger partial charge in [-0.25, -0.2) is 0 Å². The van der Waals surface area contributed by atoms with E-state index in [2.05, 4.69) is 4.90 Å². The van der Waals surface area contributed by atoms with Gasteiger partial charge in [-0.3, -0.25) is 9.69 Å². The first-order chi connectivity index (χ1) is 7.54. The fourth-order valence-corrected chi connectivity index (χ4v) is 2.34. The molecule has 0 aromatic heterocycles. The lowest BCUT2D eigenvalue weighted by Crippen LogP contribution is -2.44. The molecule has 1 heterocycles. The van der Waals surface area contributed by atoms with Crippen LogP contribution in [-0.4, -0.2) is 35.6 Å². The summed E-state index contributed by atoms with van der Waals surface area (Å²) < 4.78 is 0. The molecule has 1 N–H and O–H groups in total. The van der Waals surface area contributed by atoms with Crippen molar-refractivity contribution < 1.29 is 9.90 Å². The molecule has 0 aromatic rings. The zero-order valence-electron chi connectivity index (χ0n) is 9.38. The molecular formula is C11H17Cl2NO2. The van der Waals surface area contributed by atoms with Gasteiger partial charge in [0.25, 0.3) is 0 Å². The van der Waals surface area contributed by atoms with Gasteiger partial charge >= 0.3 is 5.97 Å². The molecule has 1 fully saturated rings. The molecule has 0 radical (unpaired) electrons. The second kappa shape index (κ2) is 5.89. The van der Waals surface area contributed by atoms with E-state index >= 15 is 0 Å². The largest absolute Gasteiger partial charge is 0.481 e. The summed E-state index contributed by atoms with van der Waals surface area (Å²) in [4.78, 5) is 13.4. The fraction of sp³-hybridized carbons (Fsp3) is 0.727. The van der Waals surface area contributed by atoms with Gasteiger partial charge in [0.15, 0.2) is 0 Å². The summed E-state index contributed by atoms with van der Waals surface area (Å²) in [5.74, 6) is -0.673. The van der Waals surface area contributed by atoms with Crippen molar-refractivity contribution in [3.63, 3.8) is 0 Å². The van der Waals surface area contributed by atoms with Gasteiger partial charge in [0.05, 0.1) is 5.41 Å². The van der Waals surface area contributed by atoms with Crippen LogP contribution in [0.25, 0.3) is 0 Å². The van der Waals surface area contributed by atoms with Crippen LogP contribution in [0.15, 0.2) is 10.6 Å². The normalized spacial score (nSPS) is 22.1. The monoisotopic (exact) mass is 265 g/mol. The van der Waals surface area contributed by atoms with Crippen LogP contribution in [0.2, 0.25) is 0 Å². The second-order valence-electron chi connectivity index (χ2n) is 4.27. The van der Waals surface area contributed by atoms with Gasteiger partial charge in [-0.2, -0.15) is 0 Å². The third-order valence-electron chi connectivity index (χ3n) is 3.44. The van der Waals surface area contributed by atoms with E-state index in [1.54, 1.807) is 0 Å². The second-order valence-corrected chi connectivity index (χ2v) is 4.97. The Hall–Kier alpha value is -0.250. The van der Waals surface area contributed by atoms with E-state index in [0.29, 0.717) is 30.8 Å². The molecule has 92 valence electrons. The van der Waals surface area contributed by atoms with E-state index in [1.807, 2.05) is 6.92 Å². The first kappa shape index (κ1) is 13.8. The van der Waals surface area contributed by atoms with Crippen molar-refractivity contribution in [2.24, 2.45) is 5.41 Å². The van der Waals surface area contributed by atoms with Crippen molar-refractivity contribution in [3.05, 3.63) is 10.6 Å². The zero-order chi connectivity index (χ0) is 12.2. The van der Waals surface area contributed by atoms with Crippen LogP contribution in [0, 0.1) is 5.41 Å². The van der Waals surface area contributed by atoms with Crippen LogP contribution in [-0.2, 0) is 4.79 Å². The molecule has 0 spiro atoms. The molecule has 0 atom stereocenters. The van der Waals surface area contributed by atoms with Gasteiger partial charge in [0.2, 0.25) is 0 Å². The minimum atomic E-state index is -0.673. The maximum absolute atomic E-state index is 11.2. The Bertz CT molecular complexity index is 284. The van der Waals surface area contributed by atoms with Crippen molar-refractivity contribution in [3.8, 4) is 0 Å². The average Bonchev–Trinajstić information content (AvgIpc) is 2.29.